The molecule has 0 radical (unpaired) electrons. The lowest BCUT2D eigenvalue weighted by Gasteiger charge is -2.35. The molecular weight excluding hydrogens is 677 g/mol. The summed E-state index contributed by atoms with van der Waals surface area (Å²) in [6.45, 7) is 2.20. The lowest BCUT2D eigenvalue weighted by molar-refractivity contribution is 1.37. The Kier molecular flexibility index (Phi) is 7.60. The minimum Gasteiger partial charge on any atom is -0.254 e. The van der Waals surface area contributed by atoms with E-state index < -0.39 is 8.07 Å². The number of aryl methyl sites for hydroxylation is 1. The van der Waals surface area contributed by atoms with Gasteiger partial charge in [-0.15, -0.1) is 11.3 Å². The number of benzene rings is 7. The second-order valence-electron chi connectivity index (χ2n) is 13.8. The van der Waals surface area contributed by atoms with Crippen molar-refractivity contribution in [1.82, 2.24) is 9.97 Å². The molecule has 0 N–H and O–H groups in total. The highest BCUT2D eigenvalue weighted by Gasteiger charge is 2.41. The number of thiophene rings is 1. The second-order valence-corrected chi connectivity index (χ2v) is 18.7. The molecule has 0 saturated carbocycles. The van der Waals surface area contributed by atoms with Gasteiger partial charge in [-0.05, 0) is 57.0 Å². The Hall–Kier alpha value is -6.20. The molecule has 0 saturated heterocycles. The molecule has 0 unspecified atom stereocenters. The van der Waals surface area contributed by atoms with Gasteiger partial charge in [-0.25, -0.2) is 4.98 Å². The van der Waals surface area contributed by atoms with Crippen LogP contribution in [0.4, 0.5) is 0 Å². The van der Waals surface area contributed by atoms with Gasteiger partial charge in [0.15, 0.2) is 8.07 Å². The summed E-state index contributed by atoms with van der Waals surface area (Å²) in [7, 11) is -2.77. The van der Waals surface area contributed by atoms with E-state index in [0.29, 0.717) is 0 Å². The Labute approximate surface area is 313 Å². The quantitative estimate of drug-likeness (QED) is 0.0976. The van der Waals surface area contributed by atoms with Gasteiger partial charge >= 0.3 is 0 Å². The van der Waals surface area contributed by atoms with Gasteiger partial charge in [0.2, 0.25) is 0 Å². The topological polar surface area (TPSA) is 25.8 Å². The van der Waals surface area contributed by atoms with E-state index in [2.05, 4.69) is 183 Å². The van der Waals surface area contributed by atoms with Crippen molar-refractivity contribution in [2.45, 2.75) is 6.92 Å². The minimum absolute atomic E-state index is 0.921. The van der Waals surface area contributed by atoms with Gasteiger partial charge < -0.3 is 0 Å². The SMILES string of the molecule is Cc1cccc([Si](c2ccccc2)(c2ccccc2)c2cccc(-c3cc(-c4cccc5c4sc4ccccc45)nc4c3ccc3cccnc34)c2)c1. The van der Waals surface area contributed by atoms with E-state index in [1.807, 2.05) is 23.6 Å². The van der Waals surface area contributed by atoms with Gasteiger partial charge in [0.1, 0.15) is 0 Å². The molecule has 10 rings (SSSR count). The summed E-state index contributed by atoms with van der Waals surface area (Å²) in [5, 5.41) is 10.2. The lowest BCUT2D eigenvalue weighted by atomic mass is 9.96. The van der Waals surface area contributed by atoms with Crippen LogP contribution in [0.15, 0.2) is 188 Å². The summed E-state index contributed by atoms with van der Waals surface area (Å²) in [6, 6.07) is 67.1. The number of aromatic nitrogens is 2. The van der Waals surface area contributed by atoms with E-state index in [1.54, 1.807) is 0 Å². The van der Waals surface area contributed by atoms with E-state index in [9.17, 15) is 0 Å². The highest BCUT2D eigenvalue weighted by molar-refractivity contribution is 7.26. The van der Waals surface area contributed by atoms with Gasteiger partial charge in [-0.2, -0.15) is 0 Å². The lowest BCUT2D eigenvalue weighted by Crippen LogP contribution is -2.74. The molecular formula is C49H34N2SSi. The van der Waals surface area contributed by atoms with Crippen molar-refractivity contribution < 1.29 is 0 Å². The van der Waals surface area contributed by atoms with Crippen LogP contribution in [0.1, 0.15) is 5.56 Å². The zero-order valence-electron chi connectivity index (χ0n) is 29.2. The first-order chi connectivity index (χ1) is 26.2. The van der Waals surface area contributed by atoms with Crippen LogP contribution in [0.25, 0.3) is 64.4 Å². The maximum Gasteiger partial charge on any atom is 0.179 e. The predicted octanol–water partition coefficient (Wildman–Crippen LogP) is 10.2. The summed E-state index contributed by atoms with van der Waals surface area (Å²) < 4.78 is 2.54. The summed E-state index contributed by atoms with van der Waals surface area (Å²) in [4.78, 5) is 10.4. The van der Waals surface area contributed by atoms with Crippen LogP contribution >= 0.6 is 11.3 Å². The Bertz CT molecular complexity index is 2930. The average molecular weight is 711 g/mol. The zero-order valence-corrected chi connectivity index (χ0v) is 31.0. The first kappa shape index (κ1) is 31.5. The van der Waals surface area contributed by atoms with Crippen molar-refractivity contribution in [3.05, 3.63) is 194 Å². The molecule has 3 heterocycles. The van der Waals surface area contributed by atoms with Gasteiger partial charge in [0.25, 0.3) is 0 Å². The standard InChI is InChI=1S/C49H34N2SSi/c1-33-14-10-21-38(30-33)53(36-17-4-2-5-18-36,37-19-6-3-7-20-37)39-22-11-15-35(31-39)44-32-45(51-48-41(44)28-27-34-16-13-29-50-47(34)48)43-25-12-24-42-40-23-8-9-26-46(40)52-49(42)43/h2-32H,1H3. The molecule has 0 aliphatic rings. The van der Waals surface area contributed by atoms with Crippen LogP contribution in [0, 0.1) is 6.92 Å². The molecule has 53 heavy (non-hydrogen) atoms. The van der Waals surface area contributed by atoms with E-state index in [1.165, 1.54) is 52.0 Å². The van der Waals surface area contributed by atoms with Crippen LogP contribution in [0.3, 0.4) is 0 Å². The number of hydrogen-bond acceptors (Lipinski definition) is 3. The molecule has 250 valence electrons. The molecule has 0 amide bonds. The van der Waals surface area contributed by atoms with Gasteiger partial charge in [-0.3, -0.25) is 4.98 Å². The molecule has 0 spiro atoms. The molecule has 7 aromatic carbocycles. The number of pyridine rings is 2. The van der Waals surface area contributed by atoms with E-state index in [-0.39, 0.29) is 0 Å². The second kappa shape index (κ2) is 12.8. The first-order valence-corrected chi connectivity index (χ1v) is 20.9. The maximum atomic E-state index is 5.46. The molecule has 0 aliphatic carbocycles. The maximum absolute atomic E-state index is 5.46. The largest absolute Gasteiger partial charge is 0.254 e. The predicted molar refractivity (Wildman–Crippen MR) is 229 cm³/mol. The van der Waals surface area contributed by atoms with Crippen LogP contribution in [-0.4, -0.2) is 18.0 Å². The number of rotatable bonds is 6. The van der Waals surface area contributed by atoms with Crippen molar-refractivity contribution in [3.8, 4) is 22.4 Å². The Morgan fingerprint density at radius 2 is 1.15 bits per heavy atom. The van der Waals surface area contributed by atoms with Crippen LogP contribution in [-0.2, 0) is 0 Å². The number of hydrogen-bond donors (Lipinski definition) is 0. The summed E-state index contributed by atoms with van der Waals surface area (Å²) in [6.07, 6.45) is 1.88. The fraction of sp³-hybridized carbons (Fsp3) is 0.0204. The highest BCUT2D eigenvalue weighted by Crippen LogP contribution is 2.41. The van der Waals surface area contributed by atoms with Crippen LogP contribution in [0.5, 0.6) is 0 Å². The van der Waals surface area contributed by atoms with Crippen molar-refractivity contribution >= 4 is 82.1 Å². The summed E-state index contributed by atoms with van der Waals surface area (Å²) in [5.41, 5.74) is 7.55. The molecule has 0 fully saturated rings. The van der Waals surface area contributed by atoms with Crippen LogP contribution in [0.2, 0.25) is 0 Å². The normalized spacial score (nSPS) is 11.9. The third-order valence-corrected chi connectivity index (χ3v) is 16.7. The van der Waals surface area contributed by atoms with E-state index >= 15 is 0 Å². The smallest absolute Gasteiger partial charge is 0.179 e. The Morgan fingerprint density at radius 1 is 0.472 bits per heavy atom. The van der Waals surface area contributed by atoms with Gasteiger partial charge in [-0.1, -0.05) is 169 Å². The molecule has 4 heteroatoms. The zero-order chi connectivity index (χ0) is 35.4. The third-order valence-electron chi connectivity index (χ3n) is 10.7. The number of fused-ring (bicyclic) bond motifs is 6. The minimum atomic E-state index is -2.77. The Balaban J connectivity index is 1.28. The van der Waals surface area contributed by atoms with Gasteiger partial charge in [0, 0.05) is 42.7 Å². The number of nitrogens with zero attached hydrogens (tertiary/aromatic N) is 2. The molecule has 0 aliphatic heterocycles. The van der Waals surface area contributed by atoms with Crippen LogP contribution < -0.4 is 20.7 Å². The van der Waals surface area contributed by atoms with Crippen molar-refractivity contribution in [2.75, 3.05) is 0 Å². The molecule has 10 aromatic rings. The summed E-state index contributed by atoms with van der Waals surface area (Å²) in [5.74, 6) is 0. The van der Waals surface area contributed by atoms with Crippen molar-refractivity contribution in [3.63, 3.8) is 0 Å². The van der Waals surface area contributed by atoms with E-state index in [4.69, 9.17) is 9.97 Å². The fourth-order valence-corrected chi connectivity index (χ4v) is 14.4. The fourth-order valence-electron chi connectivity index (χ4n) is 8.33. The Morgan fingerprint density at radius 3 is 1.94 bits per heavy atom. The van der Waals surface area contributed by atoms with Gasteiger partial charge in [0.05, 0.1) is 16.7 Å². The molecule has 2 nitrogen and oxygen atoms in total. The molecule has 0 atom stereocenters. The third kappa shape index (κ3) is 5.13. The monoisotopic (exact) mass is 710 g/mol. The molecule has 3 aromatic heterocycles. The average Bonchev–Trinajstić information content (AvgIpc) is 3.61. The molecule has 0 bridgehead atoms. The summed E-state index contributed by atoms with van der Waals surface area (Å²) >= 11 is 1.84. The van der Waals surface area contributed by atoms with Crippen molar-refractivity contribution in [2.24, 2.45) is 0 Å². The first-order valence-electron chi connectivity index (χ1n) is 18.1. The highest BCUT2D eigenvalue weighted by atomic mass is 32.1. The van der Waals surface area contributed by atoms with Crippen molar-refractivity contribution in [1.29, 1.82) is 0 Å². The van der Waals surface area contributed by atoms with E-state index in [0.717, 1.165) is 38.6 Å².